The Hall–Kier alpha value is -1.95. The minimum atomic E-state index is -1.13. The number of carboxylic acid groups (broad SMARTS) is 1. The topological polar surface area (TPSA) is 66.4 Å². The van der Waals surface area contributed by atoms with Crippen molar-refractivity contribution in [1.82, 2.24) is 0 Å². The number of carbonyl (C=O) groups is 2. The minimum absolute atomic E-state index is 0.126. The summed E-state index contributed by atoms with van der Waals surface area (Å²) in [6.45, 7) is 0. The van der Waals surface area contributed by atoms with E-state index in [2.05, 4.69) is 0 Å². The van der Waals surface area contributed by atoms with Gasteiger partial charge in [0.25, 0.3) is 0 Å². The van der Waals surface area contributed by atoms with Crippen LogP contribution >= 0.6 is 35.0 Å². The molecule has 7 heteroatoms. The standard InChI is InChI=1S/C19H16Cl2O4S/c1-25-18-7-4-13(9-14(18)10-26-11-19(23)24)17(22)6-3-12-2-5-15(20)16(21)8-12/h2-9H,10-11H2,1H3,(H,23,24)/p-1/b6-3+. The minimum Gasteiger partial charge on any atom is -0.549 e. The summed E-state index contributed by atoms with van der Waals surface area (Å²) in [7, 11) is 1.52. The van der Waals surface area contributed by atoms with E-state index >= 15 is 0 Å². The molecule has 0 saturated heterocycles. The Labute approximate surface area is 165 Å². The summed E-state index contributed by atoms with van der Waals surface area (Å²) in [6.07, 6.45) is 3.10. The fourth-order valence-corrected chi connectivity index (χ4v) is 3.19. The lowest BCUT2D eigenvalue weighted by Gasteiger charge is -2.10. The number of ether oxygens (including phenoxy) is 1. The average Bonchev–Trinajstić information content (AvgIpc) is 2.62. The Kier molecular flexibility index (Phi) is 7.57. The third kappa shape index (κ3) is 5.80. The molecule has 136 valence electrons. The molecule has 0 amide bonds. The molecule has 26 heavy (non-hydrogen) atoms. The molecule has 2 aromatic carbocycles. The Morgan fingerprint density at radius 1 is 1.15 bits per heavy atom. The van der Waals surface area contributed by atoms with Crippen LogP contribution < -0.4 is 9.84 Å². The van der Waals surface area contributed by atoms with Crippen LogP contribution in [0.2, 0.25) is 10.0 Å². The van der Waals surface area contributed by atoms with Crippen molar-refractivity contribution in [3.05, 3.63) is 69.2 Å². The molecule has 0 heterocycles. The first-order chi connectivity index (χ1) is 12.4. The molecule has 2 rings (SSSR count). The normalized spacial score (nSPS) is 10.9. The maximum atomic E-state index is 12.4. The molecule has 0 saturated carbocycles. The molecule has 0 radical (unpaired) electrons. The largest absolute Gasteiger partial charge is 0.549 e. The quantitative estimate of drug-likeness (QED) is 0.488. The molecule has 0 unspecified atom stereocenters. The number of ketones is 1. The van der Waals surface area contributed by atoms with Gasteiger partial charge in [0.2, 0.25) is 0 Å². The highest BCUT2D eigenvalue weighted by molar-refractivity contribution is 7.99. The van der Waals surface area contributed by atoms with Gasteiger partial charge < -0.3 is 14.6 Å². The van der Waals surface area contributed by atoms with Gasteiger partial charge in [-0.2, -0.15) is 11.8 Å². The van der Waals surface area contributed by atoms with Gasteiger partial charge in [-0.25, -0.2) is 0 Å². The van der Waals surface area contributed by atoms with E-state index in [-0.39, 0.29) is 11.5 Å². The average molecular weight is 410 g/mol. The smallest absolute Gasteiger partial charge is 0.185 e. The molecular formula is C19H15Cl2O4S-. The van der Waals surface area contributed by atoms with Crippen LogP contribution in [0.3, 0.4) is 0 Å². The number of benzene rings is 2. The van der Waals surface area contributed by atoms with Crippen LogP contribution in [-0.2, 0) is 10.5 Å². The lowest BCUT2D eigenvalue weighted by molar-refractivity contribution is -0.301. The van der Waals surface area contributed by atoms with Crippen LogP contribution in [-0.4, -0.2) is 24.6 Å². The monoisotopic (exact) mass is 409 g/mol. The first-order valence-corrected chi connectivity index (χ1v) is 9.43. The van der Waals surface area contributed by atoms with E-state index in [9.17, 15) is 14.7 Å². The summed E-state index contributed by atoms with van der Waals surface area (Å²) >= 11 is 13.0. The van der Waals surface area contributed by atoms with E-state index in [1.807, 2.05) is 0 Å². The van der Waals surface area contributed by atoms with Crippen molar-refractivity contribution in [1.29, 1.82) is 0 Å². The molecule has 0 bridgehead atoms. The van der Waals surface area contributed by atoms with Crippen molar-refractivity contribution in [3.63, 3.8) is 0 Å². The van der Waals surface area contributed by atoms with Gasteiger partial charge in [-0.05, 0) is 42.0 Å². The summed E-state index contributed by atoms with van der Waals surface area (Å²) in [5.41, 5.74) is 1.98. The Balaban J connectivity index is 2.15. The molecule has 0 spiro atoms. The first-order valence-electron chi connectivity index (χ1n) is 7.52. The number of thioether (sulfide) groups is 1. The van der Waals surface area contributed by atoms with Crippen LogP contribution in [0.5, 0.6) is 5.75 Å². The van der Waals surface area contributed by atoms with Crippen molar-refractivity contribution in [2.45, 2.75) is 5.75 Å². The molecule has 0 aliphatic heterocycles. The predicted octanol–water partition coefficient (Wildman–Crippen LogP) is 3.88. The van der Waals surface area contributed by atoms with Crippen molar-refractivity contribution in [2.24, 2.45) is 0 Å². The zero-order valence-electron chi connectivity index (χ0n) is 13.8. The summed E-state index contributed by atoms with van der Waals surface area (Å²) in [4.78, 5) is 22.9. The second-order valence-corrected chi connectivity index (χ2v) is 7.06. The number of hydrogen-bond acceptors (Lipinski definition) is 5. The van der Waals surface area contributed by atoms with E-state index in [4.69, 9.17) is 27.9 Å². The summed E-state index contributed by atoms with van der Waals surface area (Å²) in [5, 5.41) is 11.4. The van der Waals surface area contributed by atoms with Crippen molar-refractivity contribution < 1.29 is 19.4 Å². The van der Waals surface area contributed by atoms with E-state index in [0.717, 1.165) is 11.1 Å². The van der Waals surface area contributed by atoms with E-state index < -0.39 is 5.97 Å². The van der Waals surface area contributed by atoms with Gasteiger partial charge in [0.15, 0.2) is 5.78 Å². The van der Waals surface area contributed by atoms with Crippen LogP contribution in [0.25, 0.3) is 6.08 Å². The van der Waals surface area contributed by atoms with Gasteiger partial charge >= 0.3 is 0 Å². The number of carboxylic acids is 1. The van der Waals surface area contributed by atoms with Crippen molar-refractivity contribution >= 4 is 52.8 Å². The number of carbonyl (C=O) groups excluding carboxylic acids is 2. The van der Waals surface area contributed by atoms with Crippen LogP contribution in [0.15, 0.2) is 42.5 Å². The van der Waals surface area contributed by atoms with Crippen LogP contribution in [0, 0.1) is 0 Å². The predicted molar refractivity (Wildman–Crippen MR) is 104 cm³/mol. The summed E-state index contributed by atoms with van der Waals surface area (Å²) in [6, 6.07) is 10.1. The Morgan fingerprint density at radius 3 is 2.58 bits per heavy atom. The van der Waals surface area contributed by atoms with Gasteiger partial charge in [0.05, 0.1) is 23.1 Å². The molecule has 0 aromatic heterocycles. The van der Waals surface area contributed by atoms with Gasteiger partial charge in [0, 0.05) is 22.6 Å². The summed E-state index contributed by atoms with van der Waals surface area (Å²) in [5.74, 6) is -0.454. The lowest BCUT2D eigenvalue weighted by Crippen LogP contribution is -2.24. The molecular weight excluding hydrogens is 395 g/mol. The van der Waals surface area contributed by atoms with Crippen molar-refractivity contribution in [3.8, 4) is 5.75 Å². The zero-order chi connectivity index (χ0) is 19.1. The molecule has 0 aliphatic carbocycles. The Bertz CT molecular complexity index is 849. The maximum absolute atomic E-state index is 12.4. The van der Waals surface area contributed by atoms with E-state index in [1.54, 1.807) is 42.5 Å². The molecule has 2 aromatic rings. The molecule has 0 N–H and O–H groups in total. The van der Waals surface area contributed by atoms with E-state index in [1.165, 1.54) is 24.9 Å². The highest BCUT2D eigenvalue weighted by Gasteiger charge is 2.09. The Morgan fingerprint density at radius 2 is 1.92 bits per heavy atom. The molecule has 4 nitrogen and oxygen atoms in total. The number of hydrogen-bond donors (Lipinski definition) is 0. The summed E-state index contributed by atoms with van der Waals surface area (Å²) < 4.78 is 5.26. The second-order valence-electron chi connectivity index (χ2n) is 5.26. The number of halogens is 2. The van der Waals surface area contributed by atoms with Crippen molar-refractivity contribution in [2.75, 3.05) is 12.9 Å². The van der Waals surface area contributed by atoms with Gasteiger partial charge in [0.1, 0.15) is 5.75 Å². The highest BCUT2D eigenvalue weighted by Crippen LogP contribution is 2.26. The number of methoxy groups -OCH3 is 1. The second kappa shape index (κ2) is 9.67. The number of rotatable bonds is 8. The van der Waals surface area contributed by atoms with Gasteiger partial charge in [-0.1, -0.05) is 35.3 Å². The van der Waals surface area contributed by atoms with E-state index in [0.29, 0.717) is 27.1 Å². The zero-order valence-corrected chi connectivity index (χ0v) is 16.2. The fourth-order valence-electron chi connectivity index (χ4n) is 2.17. The third-order valence-electron chi connectivity index (χ3n) is 3.41. The van der Waals surface area contributed by atoms with Crippen LogP contribution in [0.1, 0.15) is 21.5 Å². The molecule has 0 fully saturated rings. The van der Waals surface area contributed by atoms with Crippen LogP contribution in [0.4, 0.5) is 0 Å². The fraction of sp³-hybridized carbons (Fsp3) is 0.158. The highest BCUT2D eigenvalue weighted by atomic mass is 35.5. The molecule has 0 aliphatic rings. The van der Waals surface area contributed by atoms with Gasteiger partial charge in [-0.15, -0.1) is 0 Å². The SMILES string of the molecule is COc1ccc(C(=O)/C=C/c2ccc(Cl)c(Cl)c2)cc1CSCC(=O)[O-]. The maximum Gasteiger partial charge on any atom is 0.185 e. The number of aliphatic carboxylic acids is 1. The first kappa shape index (κ1) is 20.4. The third-order valence-corrected chi connectivity index (χ3v) is 5.11. The molecule has 0 atom stereocenters. The van der Waals surface area contributed by atoms with Gasteiger partial charge in [-0.3, -0.25) is 4.79 Å². The lowest BCUT2D eigenvalue weighted by atomic mass is 10.1. The number of allylic oxidation sites excluding steroid dienone is 1.